The molecular formula is C14H25N3O7. The number of carbonyl (C=O) groups excluding carboxylic acids is 2. The summed E-state index contributed by atoms with van der Waals surface area (Å²) in [6, 6.07) is 0. The van der Waals surface area contributed by atoms with Gasteiger partial charge in [0, 0.05) is 39.3 Å². The van der Waals surface area contributed by atoms with Crippen molar-refractivity contribution in [2.24, 2.45) is 0 Å². The van der Waals surface area contributed by atoms with Gasteiger partial charge in [-0.25, -0.2) is 0 Å². The third kappa shape index (κ3) is 9.40. The van der Waals surface area contributed by atoms with E-state index in [0.717, 1.165) is 0 Å². The van der Waals surface area contributed by atoms with Crippen LogP contribution in [0, 0.1) is 0 Å². The van der Waals surface area contributed by atoms with Crippen molar-refractivity contribution in [3.05, 3.63) is 0 Å². The Morgan fingerprint density at radius 2 is 1.33 bits per heavy atom. The molecule has 1 fully saturated rings. The lowest BCUT2D eigenvalue weighted by Gasteiger charge is -2.29. The molecule has 0 bridgehead atoms. The molecule has 1 heterocycles. The van der Waals surface area contributed by atoms with E-state index in [1.807, 2.05) is 9.80 Å². The minimum absolute atomic E-state index is 0.0644. The van der Waals surface area contributed by atoms with Crippen LogP contribution in [0.1, 0.15) is 0 Å². The summed E-state index contributed by atoms with van der Waals surface area (Å²) < 4.78 is 15.1. The molecule has 0 saturated carbocycles. The minimum Gasteiger partial charge on any atom is -0.480 e. The van der Waals surface area contributed by atoms with E-state index in [1.165, 1.54) is 0 Å². The number of carbonyl (C=O) groups is 3. The van der Waals surface area contributed by atoms with Crippen molar-refractivity contribution in [2.45, 2.75) is 0 Å². The van der Waals surface area contributed by atoms with Gasteiger partial charge in [-0.05, 0) is 0 Å². The van der Waals surface area contributed by atoms with Gasteiger partial charge in [0.25, 0.3) is 12.9 Å². The SMILES string of the molecule is O=COCN1CCOCCN(CC(=O)O)CCN(COC=O)CC1. The fourth-order valence-corrected chi connectivity index (χ4v) is 2.27. The quantitative estimate of drug-likeness (QED) is 0.509. The number of nitrogens with zero attached hydrogens (tertiary/aromatic N) is 3. The molecule has 1 rings (SSSR count). The minimum atomic E-state index is -0.894. The highest BCUT2D eigenvalue weighted by molar-refractivity contribution is 5.69. The summed E-state index contributed by atoms with van der Waals surface area (Å²) in [7, 11) is 0. The number of carboxylic acids is 1. The zero-order chi connectivity index (χ0) is 17.6. The summed E-state index contributed by atoms with van der Waals surface area (Å²) >= 11 is 0. The van der Waals surface area contributed by atoms with Gasteiger partial charge in [-0.2, -0.15) is 0 Å². The summed E-state index contributed by atoms with van der Waals surface area (Å²) in [6.45, 7) is 5.19. The van der Waals surface area contributed by atoms with Gasteiger partial charge in [0.1, 0.15) is 13.5 Å². The molecule has 0 spiro atoms. The predicted molar refractivity (Wildman–Crippen MR) is 82.1 cm³/mol. The molecule has 1 N–H and O–H groups in total. The largest absolute Gasteiger partial charge is 0.480 e. The third-order valence-electron chi connectivity index (χ3n) is 3.58. The highest BCUT2D eigenvalue weighted by Crippen LogP contribution is 1.99. The summed E-state index contributed by atoms with van der Waals surface area (Å²) in [5.41, 5.74) is 0. The van der Waals surface area contributed by atoms with E-state index in [2.05, 4.69) is 0 Å². The standard InChI is InChI=1S/C14H25N3O7/c18-12-23-10-16-2-1-15(9-14(20)21)5-7-22-8-6-17(4-3-16)11-24-13-19/h12-13H,1-11H2,(H,20,21). The van der Waals surface area contributed by atoms with Crippen molar-refractivity contribution in [2.75, 3.05) is 72.5 Å². The first-order valence-corrected chi connectivity index (χ1v) is 7.72. The summed E-state index contributed by atoms with van der Waals surface area (Å²) in [5.74, 6) is -0.894. The molecule has 1 aliphatic rings. The molecule has 0 unspecified atom stereocenters. The first-order valence-electron chi connectivity index (χ1n) is 7.72. The monoisotopic (exact) mass is 347 g/mol. The maximum absolute atomic E-state index is 10.9. The fraction of sp³-hybridized carbons (Fsp3) is 0.786. The van der Waals surface area contributed by atoms with Gasteiger partial charge < -0.3 is 19.3 Å². The summed E-state index contributed by atoms with van der Waals surface area (Å²) in [4.78, 5) is 37.3. The summed E-state index contributed by atoms with van der Waals surface area (Å²) in [6.07, 6.45) is 0. The number of hydrogen-bond donors (Lipinski definition) is 1. The predicted octanol–water partition coefficient (Wildman–Crippen LogP) is -1.73. The summed E-state index contributed by atoms with van der Waals surface area (Å²) in [5, 5.41) is 8.96. The van der Waals surface area contributed by atoms with Crippen LogP contribution in [-0.4, -0.2) is 111 Å². The Morgan fingerprint density at radius 1 is 0.875 bits per heavy atom. The first kappa shape index (κ1) is 20.3. The van der Waals surface area contributed by atoms with Gasteiger partial charge in [0.05, 0.1) is 19.8 Å². The molecule has 0 aliphatic carbocycles. The Morgan fingerprint density at radius 3 is 1.83 bits per heavy atom. The maximum Gasteiger partial charge on any atom is 0.317 e. The zero-order valence-corrected chi connectivity index (χ0v) is 13.7. The first-order chi connectivity index (χ1) is 11.7. The number of aliphatic carboxylic acids is 1. The van der Waals surface area contributed by atoms with E-state index in [0.29, 0.717) is 65.4 Å². The van der Waals surface area contributed by atoms with E-state index in [1.54, 1.807) is 4.90 Å². The Hall–Kier alpha value is -1.75. The van der Waals surface area contributed by atoms with Crippen molar-refractivity contribution in [3.8, 4) is 0 Å². The van der Waals surface area contributed by atoms with Crippen LogP contribution in [0.15, 0.2) is 0 Å². The average Bonchev–Trinajstić information content (AvgIpc) is 2.55. The second kappa shape index (κ2) is 12.6. The number of rotatable bonds is 8. The van der Waals surface area contributed by atoms with Crippen LogP contribution in [0.25, 0.3) is 0 Å². The molecule has 10 heteroatoms. The molecule has 10 nitrogen and oxygen atoms in total. The molecule has 1 saturated heterocycles. The van der Waals surface area contributed by atoms with Gasteiger partial charge in [-0.3, -0.25) is 29.1 Å². The Kier molecular flexibility index (Phi) is 10.7. The molecule has 0 aromatic heterocycles. The van der Waals surface area contributed by atoms with Crippen molar-refractivity contribution < 1.29 is 33.7 Å². The molecule has 0 aromatic rings. The van der Waals surface area contributed by atoms with Crippen LogP contribution in [0.3, 0.4) is 0 Å². The lowest BCUT2D eigenvalue weighted by atomic mass is 10.4. The second-order valence-electron chi connectivity index (χ2n) is 5.30. The fourth-order valence-electron chi connectivity index (χ4n) is 2.27. The van der Waals surface area contributed by atoms with Gasteiger partial charge in [-0.15, -0.1) is 0 Å². The lowest BCUT2D eigenvalue weighted by molar-refractivity contribution is -0.139. The van der Waals surface area contributed by atoms with Gasteiger partial charge in [0.2, 0.25) is 0 Å². The van der Waals surface area contributed by atoms with Crippen LogP contribution in [0.2, 0.25) is 0 Å². The van der Waals surface area contributed by atoms with Gasteiger partial charge in [0.15, 0.2) is 0 Å². The smallest absolute Gasteiger partial charge is 0.317 e. The van der Waals surface area contributed by atoms with Gasteiger partial charge in [-0.1, -0.05) is 0 Å². The van der Waals surface area contributed by atoms with E-state index in [9.17, 15) is 14.4 Å². The van der Waals surface area contributed by atoms with E-state index >= 15 is 0 Å². The van der Waals surface area contributed by atoms with Crippen molar-refractivity contribution in [3.63, 3.8) is 0 Å². The number of ether oxygens (including phenoxy) is 3. The van der Waals surface area contributed by atoms with Crippen LogP contribution in [-0.2, 0) is 28.6 Å². The molecule has 0 atom stereocenters. The van der Waals surface area contributed by atoms with Crippen molar-refractivity contribution >= 4 is 18.9 Å². The molecule has 0 amide bonds. The Labute approximate surface area is 140 Å². The maximum atomic E-state index is 10.9. The van der Waals surface area contributed by atoms with E-state index < -0.39 is 5.97 Å². The third-order valence-corrected chi connectivity index (χ3v) is 3.58. The molecule has 0 aromatic carbocycles. The average molecular weight is 347 g/mol. The molecule has 24 heavy (non-hydrogen) atoms. The van der Waals surface area contributed by atoms with Crippen LogP contribution < -0.4 is 0 Å². The topological polar surface area (TPSA) is 109 Å². The highest BCUT2D eigenvalue weighted by atomic mass is 16.5. The Bertz CT molecular complexity index is 383. The molecule has 138 valence electrons. The normalized spacial score (nSPS) is 19.7. The van der Waals surface area contributed by atoms with Crippen LogP contribution in [0.5, 0.6) is 0 Å². The lowest BCUT2D eigenvalue weighted by Crippen LogP contribution is -2.44. The van der Waals surface area contributed by atoms with E-state index in [-0.39, 0.29) is 20.0 Å². The molecule has 0 radical (unpaired) electrons. The zero-order valence-electron chi connectivity index (χ0n) is 13.7. The second-order valence-corrected chi connectivity index (χ2v) is 5.30. The number of hydrogen-bond acceptors (Lipinski definition) is 9. The van der Waals surface area contributed by atoms with Gasteiger partial charge >= 0.3 is 5.97 Å². The molecular weight excluding hydrogens is 322 g/mol. The van der Waals surface area contributed by atoms with Crippen LogP contribution in [0.4, 0.5) is 0 Å². The number of carboxylic acid groups (broad SMARTS) is 1. The highest BCUT2D eigenvalue weighted by Gasteiger charge is 2.15. The van der Waals surface area contributed by atoms with Crippen molar-refractivity contribution in [1.29, 1.82) is 0 Å². The van der Waals surface area contributed by atoms with Crippen molar-refractivity contribution in [1.82, 2.24) is 14.7 Å². The van der Waals surface area contributed by atoms with E-state index in [4.69, 9.17) is 19.3 Å². The Balaban J connectivity index is 2.61. The molecule has 1 aliphatic heterocycles. The van der Waals surface area contributed by atoms with Crippen LogP contribution >= 0.6 is 0 Å².